The molecule has 0 bridgehead atoms. The number of ether oxygens (including phenoxy) is 2. The van der Waals surface area contributed by atoms with Gasteiger partial charge in [-0.15, -0.1) is 0 Å². The highest BCUT2D eigenvalue weighted by molar-refractivity contribution is 5.70. The molecule has 0 spiro atoms. The molecular formula is C56H54N4O2. The second kappa shape index (κ2) is 21.0. The largest absolute Gasteiger partial charge is 0.494 e. The van der Waals surface area contributed by atoms with E-state index in [4.69, 9.17) is 19.4 Å². The van der Waals surface area contributed by atoms with Crippen LogP contribution in [0.4, 0.5) is 0 Å². The number of fused-ring (bicyclic) bond motifs is 2. The van der Waals surface area contributed by atoms with E-state index in [1.807, 2.05) is 24.3 Å². The minimum atomic E-state index is 0.729. The number of rotatable bonds is 18. The van der Waals surface area contributed by atoms with E-state index in [2.05, 4.69) is 168 Å². The van der Waals surface area contributed by atoms with Crippen LogP contribution in [0.15, 0.2) is 146 Å². The summed E-state index contributed by atoms with van der Waals surface area (Å²) in [5.74, 6) is 14.6. The van der Waals surface area contributed by atoms with Gasteiger partial charge in [0.25, 0.3) is 0 Å². The summed E-state index contributed by atoms with van der Waals surface area (Å²) < 4.78 is 16.4. The summed E-state index contributed by atoms with van der Waals surface area (Å²) in [6, 6.07) is 45.9. The highest BCUT2D eigenvalue weighted by Gasteiger charge is 2.17. The van der Waals surface area contributed by atoms with Crippen LogP contribution < -0.4 is 9.47 Å². The van der Waals surface area contributed by atoms with Gasteiger partial charge in [0, 0.05) is 47.5 Å². The predicted octanol–water partition coefficient (Wildman–Crippen LogP) is 12.8. The SMILES string of the molecule is CCCCCCOc1ccc(-c2nc3ccc(C#CC#Cc4ccc5nc(-c6ccc(OCCCCCC)cc6)c(Cc6ccccc6)n5c4)cn3c2Cc2ccccc2)cc1. The molecule has 0 aliphatic rings. The van der Waals surface area contributed by atoms with Crippen LogP contribution in [0.2, 0.25) is 0 Å². The molecule has 310 valence electrons. The van der Waals surface area contributed by atoms with Gasteiger partial charge in [-0.2, -0.15) is 0 Å². The van der Waals surface area contributed by atoms with Crippen LogP contribution in [0.25, 0.3) is 33.8 Å². The maximum absolute atomic E-state index is 6.04. The van der Waals surface area contributed by atoms with E-state index in [0.717, 1.165) is 107 Å². The van der Waals surface area contributed by atoms with E-state index < -0.39 is 0 Å². The maximum Gasteiger partial charge on any atom is 0.137 e. The Morgan fingerprint density at radius 3 is 1.27 bits per heavy atom. The topological polar surface area (TPSA) is 53.1 Å². The third-order valence-corrected chi connectivity index (χ3v) is 11.1. The number of benzene rings is 4. The molecule has 0 N–H and O–H groups in total. The van der Waals surface area contributed by atoms with Gasteiger partial charge in [0.05, 0.1) is 36.0 Å². The summed E-state index contributed by atoms with van der Waals surface area (Å²) in [7, 11) is 0. The van der Waals surface area contributed by atoms with Crippen molar-refractivity contribution in [1.82, 2.24) is 18.8 Å². The van der Waals surface area contributed by atoms with Crippen molar-refractivity contribution in [3.05, 3.63) is 179 Å². The Hall–Kier alpha value is -7.02. The van der Waals surface area contributed by atoms with Gasteiger partial charge in [-0.25, -0.2) is 9.97 Å². The molecule has 0 aliphatic carbocycles. The van der Waals surface area contributed by atoms with Crippen LogP contribution in [0.5, 0.6) is 11.5 Å². The van der Waals surface area contributed by atoms with Crippen LogP contribution in [-0.4, -0.2) is 32.0 Å². The van der Waals surface area contributed by atoms with E-state index in [9.17, 15) is 0 Å². The van der Waals surface area contributed by atoms with E-state index in [1.54, 1.807) is 0 Å². The van der Waals surface area contributed by atoms with Gasteiger partial charge in [0.2, 0.25) is 0 Å². The summed E-state index contributed by atoms with van der Waals surface area (Å²) in [6.45, 7) is 5.93. The molecule has 0 fully saturated rings. The van der Waals surface area contributed by atoms with Crippen LogP contribution in [0.3, 0.4) is 0 Å². The summed E-state index contributed by atoms with van der Waals surface area (Å²) in [6.07, 6.45) is 15.1. The summed E-state index contributed by atoms with van der Waals surface area (Å²) in [4.78, 5) is 10.2. The van der Waals surface area contributed by atoms with Crippen molar-refractivity contribution < 1.29 is 9.47 Å². The Labute approximate surface area is 366 Å². The van der Waals surface area contributed by atoms with Gasteiger partial charge >= 0.3 is 0 Å². The van der Waals surface area contributed by atoms with Crippen molar-refractivity contribution in [2.75, 3.05) is 13.2 Å². The highest BCUT2D eigenvalue weighted by atomic mass is 16.5. The molecule has 0 radical (unpaired) electrons. The fourth-order valence-electron chi connectivity index (χ4n) is 7.78. The number of imidazole rings is 2. The molecule has 8 rings (SSSR count). The molecule has 0 amide bonds. The van der Waals surface area contributed by atoms with E-state index in [-0.39, 0.29) is 0 Å². The fraction of sp³-hybridized carbons (Fsp3) is 0.250. The minimum absolute atomic E-state index is 0.729. The average molecular weight is 815 g/mol. The Morgan fingerprint density at radius 1 is 0.452 bits per heavy atom. The molecular weight excluding hydrogens is 761 g/mol. The molecule has 6 heteroatoms. The zero-order chi connectivity index (χ0) is 42.4. The van der Waals surface area contributed by atoms with Crippen LogP contribution in [-0.2, 0) is 12.8 Å². The van der Waals surface area contributed by atoms with Gasteiger partial charge in [0.15, 0.2) is 0 Å². The smallest absolute Gasteiger partial charge is 0.137 e. The van der Waals surface area contributed by atoms with Gasteiger partial charge in [-0.05, 0) is 109 Å². The Balaban J connectivity index is 1.04. The van der Waals surface area contributed by atoms with Crippen molar-refractivity contribution >= 4 is 11.3 Å². The molecule has 6 nitrogen and oxygen atoms in total. The molecule has 0 atom stereocenters. The number of nitrogens with zero attached hydrogens (tertiary/aromatic N) is 4. The van der Waals surface area contributed by atoms with Crippen molar-refractivity contribution in [1.29, 1.82) is 0 Å². The van der Waals surface area contributed by atoms with Crippen molar-refractivity contribution in [2.45, 2.75) is 78.1 Å². The number of unbranched alkanes of at least 4 members (excludes halogenated alkanes) is 6. The normalized spacial score (nSPS) is 10.9. The van der Waals surface area contributed by atoms with Gasteiger partial charge < -0.3 is 18.3 Å². The summed E-state index contributed by atoms with van der Waals surface area (Å²) >= 11 is 0. The van der Waals surface area contributed by atoms with E-state index >= 15 is 0 Å². The van der Waals surface area contributed by atoms with Crippen LogP contribution in [0.1, 0.15) is 98.9 Å². The Morgan fingerprint density at radius 2 is 0.871 bits per heavy atom. The predicted molar refractivity (Wildman–Crippen MR) is 253 cm³/mol. The lowest BCUT2D eigenvalue weighted by Crippen LogP contribution is -1.98. The zero-order valence-corrected chi connectivity index (χ0v) is 35.9. The minimum Gasteiger partial charge on any atom is -0.494 e. The van der Waals surface area contributed by atoms with Crippen LogP contribution in [0, 0.1) is 23.7 Å². The lowest BCUT2D eigenvalue weighted by atomic mass is 10.0. The molecule has 0 saturated carbocycles. The zero-order valence-electron chi connectivity index (χ0n) is 35.9. The first-order chi connectivity index (χ1) is 30.6. The third kappa shape index (κ3) is 10.6. The summed E-state index contributed by atoms with van der Waals surface area (Å²) in [5.41, 5.74) is 12.2. The monoisotopic (exact) mass is 814 g/mol. The molecule has 62 heavy (non-hydrogen) atoms. The van der Waals surface area contributed by atoms with E-state index in [1.165, 1.54) is 49.7 Å². The van der Waals surface area contributed by atoms with Crippen molar-refractivity contribution in [2.24, 2.45) is 0 Å². The fourth-order valence-corrected chi connectivity index (χ4v) is 7.78. The Kier molecular flexibility index (Phi) is 14.1. The second-order valence-electron chi connectivity index (χ2n) is 15.8. The molecule has 4 heterocycles. The molecule has 0 unspecified atom stereocenters. The maximum atomic E-state index is 6.04. The van der Waals surface area contributed by atoms with Crippen molar-refractivity contribution in [3.8, 4) is 57.7 Å². The number of hydrogen-bond acceptors (Lipinski definition) is 4. The quantitative estimate of drug-likeness (QED) is 0.0639. The van der Waals surface area contributed by atoms with Crippen LogP contribution >= 0.6 is 0 Å². The van der Waals surface area contributed by atoms with Crippen molar-refractivity contribution in [3.63, 3.8) is 0 Å². The Bertz CT molecular complexity index is 2620. The molecule has 0 saturated heterocycles. The lowest BCUT2D eigenvalue weighted by molar-refractivity contribution is 0.305. The molecule has 8 aromatic rings. The number of pyridine rings is 2. The lowest BCUT2D eigenvalue weighted by Gasteiger charge is -2.09. The standard InChI is InChI=1S/C56H54N4O2/c1-3-5-7-17-37-61-49-31-27-47(28-32-49)55-51(39-43-19-11-9-12-20-43)59-41-45(25-35-53(59)57-55)23-15-16-24-46-26-36-54-58-56(52(60(54)42-46)40-44-21-13-10-14-22-44)48-29-33-50(34-30-48)62-38-18-8-6-4-2/h9-14,19-22,25-36,41-42H,3-8,17-18,37-40H2,1-2H3. The second-order valence-corrected chi connectivity index (χ2v) is 15.8. The molecule has 0 aliphatic heterocycles. The van der Waals surface area contributed by atoms with E-state index in [0.29, 0.717) is 0 Å². The first-order valence-electron chi connectivity index (χ1n) is 22.2. The third-order valence-electron chi connectivity index (χ3n) is 11.1. The number of hydrogen-bond donors (Lipinski definition) is 0. The van der Waals surface area contributed by atoms with Gasteiger partial charge in [-0.3, -0.25) is 0 Å². The molecule has 4 aromatic carbocycles. The number of aromatic nitrogens is 4. The first-order valence-corrected chi connectivity index (χ1v) is 22.2. The molecule has 4 aromatic heterocycles. The average Bonchev–Trinajstić information content (AvgIpc) is 3.86. The highest BCUT2D eigenvalue weighted by Crippen LogP contribution is 2.30. The first kappa shape index (κ1) is 41.7. The van der Waals surface area contributed by atoms with Gasteiger partial charge in [0.1, 0.15) is 22.8 Å². The van der Waals surface area contributed by atoms with Gasteiger partial charge in [-0.1, -0.05) is 125 Å². The summed E-state index contributed by atoms with van der Waals surface area (Å²) in [5, 5.41) is 0.